The van der Waals surface area contributed by atoms with Gasteiger partial charge in [0.05, 0.1) is 22.1 Å². The van der Waals surface area contributed by atoms with Crippen LogP contribution in [0.3, 0.4) is 0 Å². The van der Waals surface area contributed by atoms with Crippen molar-refractivity contribution in [3.63, 3.8) is 0 Å². The normalized spacial score (nSPS) is 33.3. The maximum Gasteiger partial charge on any atom is 0.322 e. The van der Waals surface area contributed by atoms with Crippen LogP contribution in [0.15, 0.2) is 0 Å². The molecule has 0 aromatic rings. The first-order chi connectivity index (χ1) is 9.69. The van der Waals surface area contributed by atoms with E-state index in [9.17, 15) is 26.7 Å². The second-order valence-corrected chi connectivity index (χ2v) is 10.9. The third kappa shape index (κ3) is 3.38. The SMILES string of the molecule is CCCC1SCC(C(=O)O)N1S(=O)(=O)C1CCS(=O)(=O)C1. The number of sulfone groups is 1. The Hall–Kier alpha value is -0.320. The van der Waals surface area contributed by atoms with E-state index in [2.05, 4.69) is 0 Å². The molecule has 0 bridgehead atoms. The van der Waals surface area contributed by atoms with Gasteiger partial charge in [-0.3, -0.25) is 4.79 Å². The monoisotopic (exact) mass is 357 g/mol. The molecule has 0 aliphatic carbocycles. The van der Waals surface area contributed by atoms with E-state index < -0.39 is 48.2 Å². The third-order valence-electron chi connectivity index (χ3n) is 3.76. The van der Waals surface area contributed by atoms with Gasteiger partial charge in [0.15, 0.2) is 9.84 Å². The first-order valence-corrected chi connectivity index (χ1v) is 11.1. The minimum absolute atomic E-state index is 0.0526. The molecule has 10 heteroatoms. The van der Waals surface area contributed by atoms with Crippen LogP contribution in [0.1, 0.15) is 26.2 Å². The van der Waals surface area contributed by atoms with Crippen molar-refractivity contribution in [2.45, 2.75) is 42.9 Å². The second kappa shape index (κ2) is 6.05. The molecular weight excluding hydrogens is 338 g/mol. The molecule has 3 atom stereocenters. The van der Waals surface area contributed by atoms with E-state index in [0.717, 1.165) is 10.7 Å². The van der Waals surface area contributed by atoms with Crippen molar-refractivity contribution in [1.82, 2.24) is 4.31 Å². The minimum Gasteiger partial charge on any atom is -0.480 e. The van der Waals surface area contributed by atoms with Gasteiger partial charge in [-0.25, -0.2) is 16.8 Å². The van der Waals surface area contributed by atoms with Crippen LogP contribution < -0.4 is 0 Å². The quantitative estimate of drug-likeness (QED) is 0.745. The molecule has 2 aliphatic rings. The Morgan fingerprint density at radius 3 is 2.57 bits per heavy atom. The van der Waals surface area contributed by atoms with Gasteiger partial charge in [-0.05, 0) is 12.8 Å². The molecule has 0 saturated carbocycles. The molecule has 122 valence electrons. The highest BCUT2D eigenvalue weighted by Gasteiger charge is 2.50. The Morgan fingerprint density at radius 2 is 2.10 bits per heavy atom. The van der Waals surface area contributed by atoms with Crippen LogP contribution in [-0.4, -0.2) is 66.1 Å². The number of carboxylic acids is 1. The van der Waals surface area contributed by atoms with Gasteiger partial charge in [0.2, 0.25) is 10.0 Å². The molecule has 0 aromatic carbocycles. The van der Waals surface area contributed by atoms with E-state index in [-0.39, 0.29) is 17.9 Å². The highest BCUT2D eigenvalue weighted by molar-refractivity contribution is 8.01. The van der Waals surface area contributed by atoms with Crippen LogP contribution in [0.25, 0.3) is 0 Å². The molecule has 2 saturated heterocycles. The number of hydrogen-bond donors (Lipinski definition) is 1. The summed E-state index contributed by atoms with van der Waals surface area (Å²) in [4.78, 5) is 11.3. The molecule has 7 nitrogen and oxygen atoms in total. The average Bonchev–Trinajstić information content (AvgIpc) is 2.93. The summed E-state index contributed by atoms with van der Waals surface area (Å²) in [5.41, 5.74) is 0. The summed E-state index contributed by atoms with van der Waals surface area (Å²) in [6.45, 7) is 1.90. The van der Waals surface area contributed by atoms with Crippen molar-refractivity contribution in [1.29, 1.82) is 0 Å². The summed E-state index contributed by atoms with van der Waals surface area (Å²) < 4.78 is 49.5. The molecule has 0 spiro atoms. The molecule has 2 rings (SSSR count). The highest BCUT2D eigenvalue weighted by Crippen LogP contribution is 2.37. The summed E-state index contributed by atoms with van der Waals surface area (Å²) in [5.74, 6) is -1.51. The smallest absolute Gasteiger partial charge is 0.322 e. The summed E-state index contributed by atoms with van der Waals surface area (Å²) in [6, 6.07) is -1.10. The van der Waals surface area contributed by atoms with Gasteiger partial charge in [-0.15, -0.1) is 11.8 Å². The first-order valence-electron chi connectivity index (χ1n) is 6.76. The molecule has 0 aromatic heterocycles. The van der Waals surface area contributed by atoms with Crippen molar-refractivity contribution in [3.05, 3.63) is 0 Å². The van der Waals surface area contributed by atoms with E-state index in [1.807, 2.05) is 6.92 Å². The van der Waals surface area contributed by atoms with Crippen molar-refractivity contribution in [2.24, 2.45) is 0 Å². The summed E-state index contributed by atoms with van der Waals surface area (Å²) >= 11 is 1.31. The lowest BCUT2D eigenvalue weighted by atomic mass is 10.3. The van der Waals surface area contributed by atoms with Crippen LogP contribution >= 0.6 is 11.8 Å². The lowest BCUT2D eigenvalue weighted by Crippen LogP contribution is -2.49. The standard InChI is InChI=1S/C11H19NO6S3/c1-2-3-10-12(9(6-19-10)11(13)14)21(17,18)8-4-5-20(15,16)7-8/h8-10H,2-7H2,1H3,(H,13,14). The Morgan fingerprint density at radius 1 is 1.43 bits per heavy atom. The zero-order chi connectivity index (χ0) is 15.8. The van der Waals surface area contributed by atoms with Gasteiger partial charge < -0.3 is 5.11 Å². The number of aliphatic carboxylic acids is 1. The predicted octanol–water partition coefficient (Wildman–Crippen LogP) is 0.132. The van der Waals surface area contributed by atoms with Gasteiger partial charge in [0, 0.05) is 5.75 Å². The third-order valence-corrected chi connectivity index (χ3v) is 9.57. The van der Waals surface area contributed by atoms with Crippen LogP contribution in [0.5, 0.6) is 0 Å². The van der Waals surface area contributed by atoms with Gasteiger partial charge >= 0.3 is 5.97 Å². The number of thioether (sulfide) groups is 1. The minimum atomic E-state index is -3.92. The van der Waals surface area contributed by atoms with Crippen molar-refractivity contribution in [2.75, 3.05) is 17.3 Å². The molecule has 0 amide bonds. The van der Waals surface area contributed by atoms with E-state index in [1.165, 1.54) is 11.8 Å². The molecule has 1 N–H and O–H groups in total. The van der Waals surface area contributed by atoms with E-state index in [0.29, 0.717) is 6.42 Å². The van der Waals surface area contributed by atoms with E-state index in [4.69, 9.17) is 0 Å². The zero-order valence-electron chi connectivity index (χ0n) is 11.6. The lowest BCUT2D eigenvalue weighted by Gasteiger charge is -2.28. The highest BCUT2D eigenvalue weighted by atomic mass is 32.2. The number of sulfonamides is 1. The maximum absolute atomic E-state index is 12.7. The Labute approximate surface area is 129 Å². The predicted molar refractivity (Wildman–Crippen MR) is 80.4 cm³/mol. The molecule has 2 fully saturated rings. The Balaban J connectivity index is 2.32. The number of rotatable bonds is 5. The van der Waals surface area contributed by atoms with Crippen LogP contribution in [-0.2, 0) is 24.7 Å². The fraction of sp³-hybridized carbons (Fsp3) is 0.909. The van der Waals surface area contributed by atoms with Gasteiger partial charge in [0.25, 0.3) is 0 Å². The molecule has 2 heterocycles. The number of carbonyl (C=O) groups is 1. The molecule has 3 unspecified atom stereocenters. The maximum atomic E-state index is 12.7. The molecule has 21 heavy (non-hydrogen) atoms. The Kier molecular flexibility index (Phi) is 4.91. The number of carboxylic acid groups (broad SMARTS) is 1. The van der Waals surface area contributed by atoms with Gasteiger partial charge in [-0.1, -0.05) is 13.3 Å². The van der Waals surface area contributed by atoms with Crippen molar-refractivity contribution >= 4 is 37.6 Å². The zero-order valence-corrected chi connectivity index (χ0v) is 14.1. The largest absolute Gasteiger partial charge is 0.480 e. The van der Waals surface area contributed by atoms with E-state index in [1.54, 1.807) is 0 Å². The lowest BCUT2D eigenvalue weighted by molar-refractivity contribution is -0.140. The summed E-state index contributed by atoms with van der Waals surface area (Å²) in [5, 5.41) is 7.82. The summed E-state index contributed by atoms with van der Waals surface area (Å²) in [7, 11) is -7.26. The van der Waals surface area contributed by atoms with E-state index >= 15 is 0 Å². The van der Waals surface area contributed by atoms with Crippen molar-refractivity contribution < 1.29 is 26.7 Å². The first kappa shape index (κ1) is 17.0. The fourth-order valence-electron chi connectivity index (χ4n) is 2.70. The second-order valence-electron chi connectivity index (χ2n) is 5.33. The molecule has 2 aliphatic heterocycles. The van der Waals surface area contributed by atoms with Crippen molar-refractivity contribution in [3.8, 4) is 0 Å². The van der Waals surface area contributed by atoms with Crippen LogP contribution in [0.4, 0.5) is 0 Å². The molecular formula is C11H19NO6S3. The number of hydrogen-bond acceptors (Lipinski definition) is 6. The van der Waals surface area contributed by atoms with Crippen LogP contribution in [0.2, 0.25) is 0 Å². The fourth-order valence-corrected chi connectivity index (χ4v) is 9.45. The van der Waals surface area contributed by atoms with Gasteiger partial charge in [0.1, 0.15) is 6.04 Å². The number of nitrogens with zero attached hydrogens (tertiary/aromatic N) is 1. The summed E-state index contributed by atoms with van der Waals surface area (Å²) in [6.07, 6.45) is 1.35. The average molecular weight is 357 g/mol. The topological polar surface area (TPSA) is 109 Å². The van der Waals surface area contributed by atoms with Crippen LogP contribution in [0, 0.1) is 0 Å². The Bertz CT molecular complexity index is 614. The molecule has 0 radical (unpaired) electrons. The van der Waals surface area contributed by atoms with Gasteiger partial charge in [-0.2, -0.15) is 4.31 Å².